The number of anilines is 1. The van der Waals surface area contributed by atoms with Gasteiger partial charge in [-0.05, 0) is 55.5 Å². The van der Waals surface area contributed by atoms with Crippen LogP contribution in [0, 0.1) is 0 Å². The van der Waals surface area contributed by atoms with Crippen molar-refractivity contribution in [1.29, 1.82) is 0 Å². The van der Waals surface area contributed by atoms with Crippen molar-refractivity contribution in [3.8, 4) is 5.75 Å². The molecule has 0 radical (unpaired) electrons. The van der Waals surface area contributed by atoms with E-state index in [2.05, 4.69) is 19.2 Å². The molecule has 0 aliphatic heterocycles. The number of aliphatic hydroxyl groups is 1. The van der Waals surface area contributed by atoms with Crippen LogP contribution in [0.2, 0.25) is 0 Å². The summed E-state index contributed by atoms with van der Waals surface area (Å²) in [5, 5.41) is 12.9. The number of rotatable bonds is 7. The number of hydrogen-bond acceptors (Lipinski definition) is 3. The molecule has 2 N–H and O–H groups in total. The van der Waals surface area contributed by atoms with E-state index in [1.807, 2.05) is 18.2 Å². The fourth-order valence-electron chi connectivity index (χ4n) is 2.69. The van der Waals surface area contributed by atoms with Gasteiger partial charge in [-0.3, -0.25) is 4.79 Å². The van der Waals surface area contributed by atoms with Gasteiger partial charge < -0.3 is 15.2 Å². The van der Waals surface area contributed by atoms with Crippen molar-refractivity contribution in [3.63, 3.8) is 0 Å². The molecule has 25 heavy (non-hydrogen) atoms. The third-order valence-electron chi connectivity index (χ3n) is 4.19. The van der Waals surface area contributed by atoms with Gasteiger partial charge >= 0.3 is 0 Å². The number of benzene rings is 2. The predicted molar refractivity (Wildman–Crippen MR) is 101 cm³/mol. The maximum Gasteiger partial charge on any atom is 0.262 e. The number of carbonyl (C=O) groups is 1. The van der Waals surface area contributed by atoms with Gasteiger partial charge in [0.05, 0.1) is 5.60 Å². The SMILES string of the molecule is CCc1cccc(CC)c1NC(=O)COc1ccc(C(C)(C)O)cc1. The van der Waals surface area contributed by atoms with Gasteiger partial charge in [0.1, 0.15) is 5.75 Å². The number of nitrogens with one attached hydrogen (secondary N) is 1. The first kappa shape index (κ1) is 19.0. The summed E-state index contributed by atoms with van der Waals surface area (Å²) in [4.78, 5) is 12.3. The lowest BCUT2D eigenvalue weighted by atomic mass is 9.99. The molecule has 0 bridgehead atoms. The van der Waals surface area contributed by atoms with Crippen molar-refractivity contribution in [3.05, 3.63) is 59.2 Å². The monoisotopic (exact) mass is 341 g/mol. The molecule has 134 valence electrons. The molecule has 0 aromatic heterocycles. The van der Waals surface area contributed by atoms with E-state index < -0.39 is 5.60 Å². The zero-order valence-electron chi connectivity index (χ0n) is 15.4. The van der Waals surface area contributed by atoms with Crippen LogP contribution in [-0.2, 0) is 23.2 Å². The van der Waals surface area contributed by atoms with Crippen LogP contribution in [0.5, 0.6) is 5.75 Å². The van der Waals surface area contributed by atoms with Crippen LogP contribution in [0.25, 0.3) is 0 Å². The molecule has 0 saturated heterocycles. The maximum absolute atomic E-state index is 12.3. The largest absolute Gasteiger partial charge is 0.484 e. The maximum atomic E-state index is 12.3. The predicted octanol–water partition coefficient (Wildman–Crippen LogP) is 4.06. The summed E-state index contributed by atoms with van der Waals surface area (Å²) in [6.07, 6.45) is 1.73. The fraction of sp³-hybridized carbons (Fsp3) is 0.381. The summed E-state index contributed by atoms with van der Waals surface area (Å²) < 4.78 is 5.56. The Morgan fingerprint density at radius 2 is 1.60 bits per heavy atom. The standard InChI is InChI=1S/C21H27NO3/c1-5-15-8-7-9-16(6-2)20(15)22-19(23)14-25-18-12-10-17(11-13-18)21(3,4)24/h7-13,24H,5-6,14H2,1-4H3,(H,22,23). The zero-order valence-corrected chi connectivity index (χ0v) is 15.4. The van der Waals surface area contributed by atoms with Crippen LogP contribution in [0.4, 0.5) is 5.69 Å². The van der Waals surface area contributed by atoms with Crippen molar-refractivity contribution in [2.24, 2.45) is 0 Å². The highest BCUT2D eigenvalue weighted by molar-refractivity contribution is 5.93. The second-order valence-corrected chi connectivity index (χ2v) is 6.58. The summed E-state index contributed by atoms with van der Waals surface area (Å²) in [5.74, 6) is 0.421. The second-order valence-electron chi connectivity index (χ2n) is 6.58. The van der Waals surface area contributed by atoms with Gasteiger partial charge in [0.15, 0.2) is 6.61 Å². The van der Waals surface area contributed by atoms with Gasteiger partial charge in [0, 0.05) is 5.69 Å². The van der Waals surface area contributed by atoms with Gasteiger partial charge in [-0.25, -0.2) is 0 Å². The van der Waals surface area contributed by atoms with Crippen LogP contribution < -0.4 is 10.1 Å². The van der Waals surface area contributed by atoms with Gasteiger partial charge in [0.25, 0.3) is 5.91 Å². The normalized spacial score (nSPS) is 11.2. The number of amides is 1. The average Bonchev–Trinajstić information content (AvgIpc) is 2.59. The number of ether oxygens (including phenoxy) is 1. The summed E-state index contributed by atoms with van der Waals surface area (Å²) in [5.41, 5.74) is 3.06. The molecule has 0 heterocycles. The Morgan fingerprint density at radius 3 is 2.08 bits per heavy atom. The van der Waals surface area contributed by atoms with E-state index in [4.69, 9.17) is 4.74 Å². The molecular weight excluding hydrogens is 314 g/mol. The molecule has 0 aliphatic rings. The molecule has 4 nitrogen and oxygen atoms in total. The molecular formula is C21H27NO3. The number of aryl methyl sites for hydroxylation is 2. The van der Waals surface area contributed by atoms with E-state index in [1.54, 1.807) is 38.1 Å². The van der Waals surface area contributed by atoms with Gasteiger partial charge in [0.2, 0.25) is 0 Å². The second kappa shape index (κ2) is 8.17. The van der Waals surface area contributed by atoms with Gasteiger partial charge in [-0.2, -0.15) is 0 Å². The first-order valence-electron chi connectivity index (χ1n) is 8.71. The van der Waals surface area contributed by atoms with E-state index in [0.29, 0.717) is 5.75 Å². The number of hydrogen-bond donors (Lipinski definition) is 2. The molecule has 0 unspecified atom stereocenters. The topological polar surface area (TPSA) is 58.6 Å². The lowest BCUT2D eigenvalue weighted by Gasteiger charge is -2.18. The molecule has 0 atom stereocenters. The van der Waals surface area contributed by atoms with Crippen molar-refractivity contribution in [2.75, 3.05) is 11.9 Å². The summed E-state index contributed by atoms with van der Waals surface area (Å²) in [6, 6.07) is 13.2. The summed E-state index contributed by atoms with van der Waals surface area (Å²) >= 11 is 0. The highest BCUT2D eigenvalue weighted by Crippen LogP contribution is 2.24. The minimum Gasteiger partial charge on any atom is -0.484 e. The summed E-state index contributed by atoms with van der Waals surface area (Å²) in [7, 11) is 0. The first-order valence-corrected chi connectivity index (χ1v) is 8.71. The minimum absolute atomic E-state index is 0.0525. The van der Waals surface area contributed by atoms with Crippen molar-refractivity contribution in [1.82, 2.24) is 0 Å². The molecule has 0 fully saturated rings. The fourth-order valence-corrected chi connectivity index (χ4v) is 2.69. The van der Waals surface area contributed by atoms with E-state index in [-0.39, 0.29) is 12.5 Å². The Hall–Kier alpha value is -2.33. The van der Waals surface area contributed by atoms with Crippen LogP contribution >= 0.6 is 0 Å². The van der Waals surface area contributed by atoms with Crippen LogP contribution in [0.15, 0.2) is 42.5 Å². The highest BCUT2D eigenvalue weighted by Gasteiger charge is 2.15. The molecule has 0 spiro atoms. The Bertz CT molecular complexity index is 693. The van der Waals surface area contributed by atoms with Crippen LogP contribution in [-0.4, -0.2) is 17.6 Å². The third-order valence-corrected chi connectivity index (χ3v) is 4.19. The van der Waals surface area contributed by atoms with Gasteiger partial charge in [-0.1, -0.05) is 44.2 Å². The number of para-hydroxylation sites is 1. The van der Waals surface area contributed by atoms with Crippen LogP contribution in [0.1, 0.15) is 44.4 Å². The first-order chi connectivity index (χ1) is 11.8. The lowest BCUT2D eigenvalue weighted by molar-refractivity contribution is -0.118. The van der Waals surface area contributed by atoms with E-state index in [1.165, 1.54) is 0 Å². The Morgan fingerprint density at radius 1 is 1.04 bits per heavy atom. The van der Waals surface area contributed by atoms with Crippen molar-refractivity contribution >= 4 is 11.6 Å². The molecule has 2 aromatic carbocycles. The van der Waals surface area contributed by atoms with Crippen LogP contribution in [0.3, 0.4) is 0 Å². The lowest BCUT2D eigenvalue weighted by Crippen LogP contribution is -2.22. The Balaban J connectivity index is 2.00. The Labute approximate surface area is 149 Å². The van der Waals surface area contributed by atoms with Gasteiger partial charge in [-0.15, -0.1) is 0 Å². The molecule has 2 rings (SSSR count). The van der Waals surface area contributed by atoms with Crippen molar-refractivity contribution in [2.45, 2.75) is 46.1 Å². The summed E-state index contributed by atoms with van der Waals surface area (Å²) in [6.45, 7) is 7.55. The van der Waals surface area contributed by atoms with E-state index in [0.717, 1.165) is 35.2 Å². The zero-order chi connectivity index (χ0) is 18.4. The number of carbonyl (C=O) groups excluding carboxylic acids is 1. The highest BCUT2D eigenvalue weighted by atomic mass is 16.5. The molecule has 0 saturated carbocycles. The third kappa shape index (κ3) is 5.07. The van der Waals surface area contributed by atoms with E-state index >= 15 is 0 Å². The quantitative estimate of drug-likeness (QED) is 0.798. The minimum atomic E-state index is -0.893. The molecule has 4 heteroatoms. The smallest absolute Gasteiger partial charge is 0.262 e. The Kier molecular flexibility index (Phi) is 6.21. The van der Waals surface area contributed by atoms with Crippen molar-refractivity contribution < 1.29 is 14.6 Å². The molecule has 2 aromatic rings. The molecule has 0 aliphatic carbocycles. The molecule has 1 amide bonds. The van der Waals surface area contributed by atoms with E-state index in [9.17, 15) is 9.90 Å². The average molecular weight is 341 g/mol.